The molecule has 0 atom stereocenters. The van der Waals surface area contributed by atoms with Crippen molar-refractivity contribution in [3.05, 3.63) is 65.4 Å². The highest BCUT2D eigenvalue weighted by atomic mass is 19.4. The normalized spacial score (nSPS) is 15.9. The number of fused-ring (bicyclic) bond motifs is 1. The van der Waals surface area contributed by atoms with Crippen LogP contribution in [0.5, 0.6) is 0 Å². The van der Waals surface area contributed by atoms with Crippen LogP contribution in [0, 0.1) is 0 Å². The molecular weight excluding hydrogens is 371 g/mol. The zero-order valence-corrected chi connectivity index (χ0v) is 14.9. The lowest BCUT2D eigenvalue weighted by molar-refractivity contribution is -0.138. The van der Waals surface area contributed by atoms with Crippen LogP contribution in [0.3, 0.4) is 0 Å². The largest absolute Gasteiger partial charge is 0.417 e. The fourth-order valence-electron chi connectivity index (χ4n) is 3.46. The van der Waals surface area contributed by atoms with Crippen LogP contribution in [0.2, 0.25) is 0 Å². The summed E-state index contributed by atoms with van der Waals surface area (Å²) in [5, 5.41) is 5.05. The molecule has 1 saturated heterocycles. The van der Waals surface area contributed by atoms with E-state index in [0.717, 1.165) is 22.7 Å². The van der Waals surface area contributed by atoms with E-state index in [1.165, 1.54) is 23.1 Å². The SMILES string of the molecule is O=C(c1ccccc1C(F)(F)F)N1CCN(Cc2noc3ccccc23)CC1. The number of hydrogen-bond acceptors (Lipinski definition) is 4. The van der Waals surface area contributed by atoms with Crippen LogP contribution in [0.25, 0.3) is 11.0 Å². The zero-order valence-electron chi connectivity index (χ0n) is 14.9. The third kappa shape index (κ3) is 3.60. The molecule has 1 aliphatic rings. The summed E-state index contributed by atoms with van der Waals surface area (Å²) < 4.78 is 44.9. The van der Waals surface area contributed by atoms with Gasteiger partial charge in [-0.3, -0.25) is 9.69 Å². The number of piperazine rings is 1. The van der Waals surface area contributed by atoms with Crippen molar-refractivity contribution < 1.29 is 22.5 Å². The van der Waals surface area contributed by atoms with E-state index in [1.807, 2.05) is 24.3 Å². The molecule has 8 heteroatoms. The molecule has 0 aliphatic carbocycles. The topological polar surface area (TPSA) is 49.6 Å². The Kier molecular flexibility index (Phi) is 4.80. The second-order valence-corrected chi connectivity index (χ2v) is 6.74. The monoisotopic (exact) mass is 389 g/mol. The van der Waals surface area contributed by atoms with Crippen molar-refractivity contribution in [1.29, 1.82) is 0 Å². The zero-order chi connectivity index (χ0) is 19.7. The van der Waals surface area contributed by atoms with Crippen molar-refractivity contribution in [2.24, 2.45) is 0 Å². The second-order valence-electron chi connectivity index (χ2n) is 6.74. The Morgan fingerprint density at radius 1 is 1.00 bits per heavy atom. The van der Waals surface area contributed by atoms with Gasteiger partial charge in [0.25, 0.3) is 5.91 Å². The van der Waals surface area contributed by atoms with Crippen molar-refractivity contribution in [2.75, 3.05) is 26.2 Å². The number of para-hydroxylation sites is 1. The van der Waals surface area contributed by atoms with Gasteiger partial charge in [0.05, 0.1) is 11.1 Å². The number of amides is 1. The average molecular weight is 389 g/mol. The van der Waals surface area contributed by atoms with Crippen molar-refractivity contribution in [3.63, 3.8) is 0 Å². The van der Waals surface area contributed by atoms with Crippen molar-refractivity contribution >= 4 is 16.9 Å². The van der Waals surface area contributed by atoms with Crippen LogP contribution < -0.4 is 0 Å². The minimum Gasteiger partial charge on any atom is -0.356 e. The van der Waals surface area contributed by atoms with E-state index < -0.39 is 17.6 Å². The summed E-state index contributed by atoms with van der Waals surface area (Å²) in [7, 11) is 0. The highest BCUT2D eigenvalue weighted by Crippen LogP contribution is 2.32. The first kappa shape index (κ1) is 18.5. The molecule has 0 N–H and O–H groups in total. The minimum atomic E-state index is -4.55. The summed E-state index contributed by atoms with van der Waals surface area (Å²) in [5.74, 6) is -0.584. The first-order chi connectivity index (χ1) is 13.4. The van der Waals surface area contributed by atoms with Gasteiger partial charge in [0.15, 0.2) is 5.58 Å². The van der Waals surface area contributed by atoms with Crippen LogP contribution >= 0.6 is 0 Å². The third-order valence-electron chi connectivity index (χ3n) is 4.95. The Balaban J connectivity index is 1.43. The van der Waals surface area contributed by atoms with Crippen molar-refractivity contribution in [2.45, 2.75) is 12.7 Å². The number of nitrogens with zero attached hydrogens (tertiary/aromatic N) is 3. The Labute approximate surface area is 159 Å². The van der Waals surface area contributed by atoms with Crippen molar-refractivity contribution in [1.82, 2.24) is 15.0 Å². The molecule has 1 aliphatic heterocycles. The van der Waals surface area contributed by atoms with Gasteiger partial charge in [-0.15, -0.1) is 0 Å². The van der Waals surface area contributed by atoms with E-state index in [9.17, 15) is 18.0 Å². The number of hydrogen-bond donors (Lipinski definition) is 0. The van der Waals surface area contributed by atoms with E-state index in [0.29, 0.717) is 32.7 Å². The maximum atomic E-state index is 13.2. The summed E-state index contributed by atoms with van der Waals surface area (Å²) in [5.41, 5.74) is 0.343. The lowest BCUT2D eigenvalue weighted by atomic mass is 10.1. The molecule has 1 amide bonds. The van der Waals surface area contributed by atoms with Gasteiger partial charge in [-0.05, 0) is 24.3 Å². The molecule has 4 rings (SSSR count). The summed E-state index contributed by atoms with van der Waals surface area (Å²) >= 11 is 0. The average Bonchev–Trinajstić information content (AvgIpc) is 3.10. The number of benzene rings is 2. The number of alkyl halides is 3. The molecule has 28 heavy (non-hydrogen) atoms. The Morgan fingerprint density at radius 3 is 2.43 bits per heavy atom. The number of carbonyl (C=O) groups excluding carboxylic acids is 1. The number of carbonyl (C=O) groups is 1. The van der Waals surface area contributed by atoms with Gasteiger partial charge in [0.1, 0.15) is 5.69 Å². The molecule has 1 fully saturated rings. The molecular formula is C20H18F3N3O2. The summed E-state index contributed by atoms with van der Waals surface area (Å²) in [6, 6.07) is 12.5. The maximum Gasteiger partial charge on any atom is 0.417 e. The third-order valence-corrected chi connectivity index (χ3v) is 4.95. The predicted molar refractivity (Wildman–Crippen MR) is 96.6 cm³/mol. The fourth-order valence-corrected chi connectivity index (χ4v) is 3.46. The van der Waals surface area contributed by atoms with Crippen LogP contribution in [-0.4, -0.2) is 47.0 Å². The van der Waals surface area contributed by atoms with Crippen LogP contribution in [-0.2, 0) is 12.7 Å². The predicted octanol–water partition coefficient (Wildman–Crippen LogP) is 3.80. The molecule has 0 bridgehead atoms. The van der Waals surface area contributed by atoms with Gasteiger partial charge in [-0.1, -0.05) is 29.4 Å². The Morgan fingerprint density at radius 2 is 1.68 bits per heavy atom. The first-order valence-corrected chi connectivity index (χ1v) is 8.94. The van der Waals surface area contributed by atoms with Crippen molar-refractivity contribution in [3.8, 4) is 0 Å². The lowest BCUT2D eigenvalue weighted by Gasteiger charge is -2.34. The summed E-state index contributed by atoms with van der Waals surface area (Å²) in [6.45, 7) is 2.40. The molecule has 146 valence electrons. The Bertz CT molecular complexity index is 992. The van der Waals surface area contributed by atoms with E-state index >= 15 is 0 Å². The molecule has 0 spiro atoms. The van der Waals surface area contributed by atoms with Gasteiger partial charge in [0.2, 0.25) is 0 Å². The molecule has 1 aromatic heterocycles. The van der Waals surface area contributed by atoms with Gasteiger partial charge in [-0.2, -0.15) is 13.2 Å². The second kappa shape index (κ2) is 7.27. The molecule has 0 radical (unpaired) electrons. The minimum absolute atomic E-state index is 0.300. The van der Waals surface area contributed by atoms with E-state index in [2.05, 4.69) is 10.1 Å². The maximum absolute atomic E-state index is 13.2. The van der Waals surface area contributed by atoms with Gasteiger partial charge >= 0.3 is 6.18 Å². The molecule has 2 aromatic carbocycles. The van der Waals surface area contributed by atoms with Gasteiger partial charge in [-0.25, -0.2) is 0 Å². The highest BCUT2D eigenvalue weighted by molar-refractivity contribution is 5.96. The molecule has 0 unspecified atom stereocenters. The number of aromatic nitrogens is 1. The summed E-state index contributed by atoms with van der Waals surface area (Å²) in [4.78, 5) is 16.2. The van der Waals surface area contributed by atoms with E-state index in [-0.39, 0.29) is 5.56 Å². The van der Waals surface area contributed by atoms with Crippen LogP contribution in [0.15, 0.2) is 53.1 Å². The van der Waals surface area contributed by atoms with Crippen LogP contribution in [0.1, 0.15) is 21.6 Å². The molecule has 3 aromatic rings. The van der Waals surface area contributed by atoms with Gasteiger partial charge in [0, 0.05) is 38.1 Å². The van der Waals surface area contributed by atoms with Crippen LogP contribution in [0.4, 0.5) is 13.2 Å². The Hall–Kier alpha value is -2.87. The highest BCUT2D eigenvalue weighted by Gasteiger charge is 2.36. The molecule has 2 heterocycles. The number of halogens is 3. The van der Waals surface area contributed by atoms with Gasteiger partial charge < -0.3 is 9.42 Å². The fraction of sp³-hybridized carbons (Fsp3) is 0.300. The van der Waals surface area contributed by atoms with E-state index in [4.69, 9.17) is 4.52 Å². The summed E-state index contributed by atoms with van der Waals surface area (Å²) in [6.07, 6.45) is -4.55. The number of rotatable bonds is 3. The first-order valence-electron chi connectivity index (χ1n) is 8.94. The van der Waals surface area contributed by atoms with E-state index in [1.54, 1.807) is 0 Å². The lowest BCUT2D eigenvalue weighted by Crippen LogP contribution is -2.48. The standard InChI is InChI=1S/C20H18F3N3O2/c21-20(22,23)16-7-3-1-5-14(16)19(27)26-11-9-25(10-12-26)13-17-15-6-2-4-8-18(15)28-24-17/h1-8H,9-13H2. The molecule has 5 nitrogen and oxygen atoms in total. The molecule has 0 saturated carbocycles. The smallest absolute Gasteiger partial charge is 0.356 e. The quantitative estimate of drug-likeness (QED) is 0.684.